The highest BCUT2D eigenvalue weighted by atomic mass is 32.1. The Labute approximate surface area is 177 Å². The average Bonchev–Trinajstić information content (AvgIpc) is 3.23. The lowest BCUT2D eigenvalue weighted by atomic mass is 9.91. The van der Waals surface area contributed by atoms with Crippen LogP contribution in [0.25, 0.3) is 42.8 Å². The molecular weight excluding hydrogens is 368 g/mol. The van der Waals surface area contributed by atoms with Gasteiger partial charge in [-0.1, -0.05) is 93.6 Å². The van der Waals surface area contributed by atoms with Crippen LogP contribution >= 0.6 is 11.3 Å². The van der Waals surface area contributed by atoms with Crippen molar-refractivity contribution in [3.05, 3.63) is 71.6 Å². The van der Waals surface area contributed by atoms with Gasteiger partial charge >= 0.3 is 0 Å². The fourth-order valence-corrected chi connectivity index (χ4v) is 5.78. The van der Waals surface area contributed by atoms with Crippen LogP contribution in [-0.2, 0) is 6.42 Å². The SMILES string of the molecule is CCCCCCCCc1ccc(-c2ccc3ccc4cccc5ccc2c3c45)s1. The molecule has 0 saturated heterocycles. The molecule has 1 heterocycles. The van der Waals surface area contributed by atoms with E-state index in [0.717, 1.165) is 0 Å². The molecule has 0 aliphatic heterocycles. The lowest BCUT2D eigenvalue weighted by Crippen LogP contribution is -1.85. The van der Waals surface area contributed by atoms with E-state index in [4.69, 9.17) is 0 Å². The third kappa shape index (κ3) is 3.53. The molecule has 0 amide bonds. The molecule has 0 saturated carbocycles. The normalized spacial score (nSPS) is 11.9. The van der Waals surface area contributed by atoms with E-state index >= 15 is 0 Å². The van der Waals surface area contributed by atoms with Crippen molar-refractivity contribution in [2.24, 2.45) is 0 Å². The molecule has 146 valence electrons. The Hall–Kier alpha value is -2.38. The van der Waals surface area contributed by atoms with Gasteiger partial charge in [-0.05, 0) is 62.9 Å². The highest BCUT2D eigenvalue weighted by Crippen LogP contribution is 2.41. The molecule has 0 radical (unpaired) electrons. The maximum absolute atomic E-state index is 2.35. The summed E-state index contributed by atoms with van der Waals surface area (Å²) >= 11 is 1.98. The highest BCUT2D eigenvalue weighted by molar-refractivity contribution is 7.15. The van der Waals surface area contributed by atoms with Crippen LogP contribution in [0.2, 0.25) is 0 Å². The van der Waals surface area contributed by atoms with E-state index in [1.54, 1.807) is 0 Å². The summed E-state index contributed by atoms with van der Waals surface area (Å²) in [6.07, 6.45) is 9.41. The molecule has 5 aromatic rings. The Morgan fingerprint density at radius 1 is 0.621 bits per heavy atom. The monoisotopic (exact) mass is 396 g/mol. The van der Waals surface area contributed by atoms with E-state index in [1.165, 1.54) is 92.6 Å². The Kier molecular flexibility index (Phi) is 5.24. The summed E-state index contributed by atoms with van der Waals surface area (Å²) in [5.41, 5.74) is 1.38. The second kappa shape index (κ2) is 8.16. The number of hydrogen-bond donors (Lipinski definition) is 0. The molecule has 0 atom stereocenters. The lowest BCUT2D eigenvalue weighted by Gasteiger charge is -2.13. The van der Waals surface area contributed by atoms with Crippen LogP contribution in [0.1, 0.15) is 50.3 Å². The Morgan fingerprint density at radius 2 is 1.31 bits per heavy atom. The second-order valence-electron chi connectivity index (χ2n) is 8.25. The van der Waals surface area contributed by atoms with Crippen molar-refractivity contribution >= 4 is 43.7 Å². The van der Waals surface area contributed by atoms with Crippen molar-refractivity contribution in [1.82, 2.24) is 0 Å². The Balaban J connectivity index is 1.46. The van der Waals surface area contributed by atoms with Gasteiger partial charge in [0.25, 0.3) is 0 Å². The summed E-state index contributed by atoms with van der Waals surface area (Å²) in [4.78, 5) is 2.94. The summed E-state index contributed by atoms with van der Waals surface area (Å²) in [6, 6.07) is 25.1. The number of unbranched alkanes of at least 4 members (excludes halogenated alkanes) is 5. The minimum atomic E-state index is 1.22. The van der Waals surface area contributed by atoms with Crippen LogP contribution < -0.4 is 0 Å². The zero-order valence-electron chi connectivity index (χ0n) is 17.2. The first kappa shape index (κ1) is 18.6. The fourth-order valence-electron chi connectivity index (χ4n) is 4.69. The largest absolute Gasteiger partial charge is 0.140 e. The van der Waals surface area contributed by atoms with Gasteiger partial charge in [0.2, 0.25) is 0 Å². The van der Waals surface area contributed by atoms with Crippen molar-refractivity contribution in [2.45, 2.75) is 51.9 Å². The molecule has 29 heavy (non-hydrogen) atoms. The number of benzene rings is 4. The first-order chi connectivity index (χ1) is 14.3. The molecular formula is C28H28S. The van der Waals surface area contributed by atoms with Crippen LogP contribution in [0.4, 0.5) is 0 Å². The minimum Gasteiger partial charge on any atom is -0.140 e. The minimum absolute atomic E-state index is 1.22. The topological polar surface area (TPSA) is 0 Å². The van der Waals surface area contributed by atoms with Gasteiger partial charge in [-0.3, -0.25) is 0 Å². The van der Waals surface area contributed by atoms with Gasteiger partial charge in [0.1, 0.15) is 0 Å². The third-order valence-corrected chi connectivity index (χ3v) is 7.41. The van der Waals surface area contributed by atoms with E-state index in [-0.39, 0.29) is 0 Å². The van der Waals surface area contributed by atoms with Crippen molar-refractivity contribution in [3.8, 4) is 10.4 Å². The molecule has 0 aliphatic rings. The van der Waals surface area contributed by atoms with Crippen LogP contribution in [0.3, 0.4) is 0 Å². The van der Waals surface area contributed by atoms with Gasteiger partial charge in [-0.2, -0.15) is 0 Å². The van der Waals surface area contributed by atoms with E-state index in [2.05, 4.69) is 73.7 Å². The second-order valence-corrected chi connectivity index (χ2v) is 9.42. The first-order valence-corrected chi connectivity index (χ1v) is 11.9. The smallest absolute Gasteiger partial charge is 0.0351 e. The quantitative estimate of drug-likeness (QED) is 0.181. The van der Waals surface area contributed by atoms with Crippen molar-refractivity contribution in [3.63, 3.8) is 0 Å². The van der Waals surface area contributed by atoms with Gasteiger partial charge < -0.3 is 0 Å². The number of rotatable bonds is 8. The molecule has 0 N–H and O–H groups in total. The van der Waals surface area contributed by atoms with Gasteiger partial charge in [0.05, 0.1) is 0 Å². The lowest BCUT2D eigenvalue weighted by molar-refractivity contribution is 0.609. The van der Waals surface area contributed by atoms with Gasteiger partial charge in [0, 0.05) is 9.75 Å². The van der Waals surface area contributed by atoms with Crippen LogP contribution in [-0.4, -0.2) is 0 Å². The van der Waals surface area contributed by atoms with Gasteiger partial charge in [-0.15, -0.1) is 11.3 Å². The first-order valence-electron chi connectivity index (χ1n) is 11.1. The van der Waals surface area contributed by atoms with Crippen molar-refractivity contribution in [2.75, 3.05) is 0 Å². The van der Waals surface area contributed by atoms with Gasteiger partial charge in [-0.25, -0.2) is 0 Å². The summed E-state index contributed by atoms with van der Waals surface area (Å²) in [6.45, 7) is 2.28. The van der Waals surface area contributed by atoms with E-state index < -0.39 is 0 Å². The molecule has 1 aromatic heterocycles. The molecule has 0 aliphatic carbocycles. The van der Waals surface area contributed by atoms with E-state index in [1.807, 2.05) is 11.3 Å². The summed E-state index contributed by atoms with van der Waals surface area (Å²) in [7, 11) is 0. The molecule has 5 rings (SSSR count). The van der Waals surface area contributed by atoms with E-state index in [9.17, 15) is 0 Å². The molecule has 0 bridgehead atoms. The van der Waals surface area contributed by atoms with Crippen LogP contribution in [0, 0.1) is 0 Å². The predicted octanol–water partition coefficient (Wildman–Crippen LogP) is 9.22. The molecule has 0 unspecified atom stereocenters. The summed E-state index contributed by atoms with van der Waals surface area (Å²) in [5.74, 6) is 0. The predicted molar refractivity (Wildman–Crippen MR) is 131 cm³/mol. The van der Waals surface area contributed by atoms with Crippen molar-refractivity contribution < 1.29 is 0 Å². The van der Waals surface area contributed by atoms with Crippen LogP contribution in [0.5, 0.6) is 0 Å². The molecule has 0 spiro atoms. The average molecular weight is 397 g/mol. The van der Waals surface area contributed by atoms with Crippen molar-refractivity contribution in [1.29, 1.82) is 0 Å². The maximum Gasteiger partial charge on any atom is 0.0351 e. The fraction of sp³-hybridized carbons (Fsp3) is 0.286. The molecule has 0 nitrogen and oxygen atoms in total. The zero-order valence-corrected chi connectivity index (χ0v) is 18.0. The molecule has 0 fully saturated rings. The number of hydrogen-bond acceptors (Lipinski definition) is 1. The zero-order chi connectivity index (χ0) is 19.6. The Bertz CT molecular complexity index is 1230. The van der Waals surface area contributed by atoms with Gasteiger partial charge in [0.15, 0.2) is 0 Å². The third-order valence-electron chi connectivity index (χ3n) is 6.23. The summed E-state index contributed by atoms with van der Waals surface area (Å²) < 4.78 is 0. The maximum atomic E-state index is 2.35. The Morgan fingerprint density at radius 3 is 2.14 bits per heavy atom. The number of aryl methyl sites for hydroxylation is 1. The molecule has 1 heteroatoms. The number of thiophene rings is 1. The van der Waals surface area contributed by atoms with E-state index in [0.29, 0.717) is 0 Å². The summed E-state index contributed by atoms with van der Waals surface area (Å²) in [5, 5.41) is 8.24. The highest BCUT2D eigenvalue weighted by Gasteiger charge is 2.13. The standard InChI is InChI=1S/C28H28S/c1-2-3-4-5-6-7-11-23-16-19-26(29-23)24-17-14-22-13-12-20-9-8-10-21-15-18-25(24)28(22)27(20)21/h8-10,12-19H,2-7,11H2,1H3. The molecule has 4 aromatic carbocycles. The van der Waals surface area contributed by atoms with Crippen LogP contribution in [0.15, 0.2) is 66.7 Å².